The molecule has 0 aliphatic carbocycles. The summed E-state index contributed by atoms with van der Waals surface area (Å²) in [5.41, 5.74) is 5.71. The first kappa shape index (κ1) is 17.2. The molecule has 0 saturated carbocycles. The lowest BCUT2D eigenvalue weighted by Crippen LogP contribution is -2.35. The molecule has 0 atom stereocenters. The summed E-state index contributed by atoms with van der Waals surface area (Å²) in [7, 11) is 0. The molecule has 4 N–H and O–H groups in total. The van der Waals surface area contributed by atoms with E-state index in [1.165, 1.54) is 19.3 Å². The van der Waals surface area contributed by atoms with Crippen molar-refractivity contribution in [3.63, 3.8) is 0 Å². The second kappa shape index (κ2) is 10.2. The molecule has 0 aliphatic heterocycles. The molecule has 0 bridgehead atoms. The van der Waals surface area contributed by atoms with Gasteiger partial charge in [-0.15, -0.1) is 0 Å². The van der Waals surface area contributed by atoms with Crippen molar-refractivity contribution in [2.75, 3.05) is 19.7 Å². The van der Waals surface area contributed by atoms with Crippen LogP contribution in [0.15, 0.2) is 4.99 Å². The molecule has 0 radical (unpaired) electrons. The summed E-state index contributed by atoms with van der Waals surface area (Å²) in [6.45, 7) is 8.04. The molecular formula is C14H31N3O. The van der Waals surface area contributed by atoms with E-state index in [4.69, 9.17) is 5.73 Å². The molecule has 0 amide bonds. The predicted octanol–water partition coefficient (Wildman–Crippen LogP) is 2.27. The summed E-state index contributed by atoms with van der Waals surface area (Å²) >= 11 is 0. The lowest BCUT2D eigenvalue weighted by Gasteiger charge is -2.27. The van der Waals surface area contributed by atoms with Crippen LogP contribution in [-0.4, -0.2) is 30.8 Å². The highest BCUT2D eigenvalue weighted by Gasteiger charge is 2.24. The summed E-state index contributed by atoms with van der Waals surface area (Å²) < 4.78 is 0. The summed E-state index contributed by atoms with van der Waals surface area (Å²) in [5.74, 6) is 0.506. The zero-order valence-electron chi connectivity index (χ0n) is 12.3. The van der Waals surface area contributed by atoms with Gasteiger partial charge in [-0.1, -0.05) is 40.0 Å². The van der Waals surface area contributed by atoms with Crippen molar-refractivity contribution in [1.29, 1.82) is 0 Å². The largest absolute Gasteiger partial charge is 0.396 e. The van der Waals surface area contributed by atoms with E-state index in [1.54, 1.807) is 0 Å². The maximum absolute atomic E-state index is 9.43. The second-order valence-corrected chi connectivity index (χ2v) is 5.05. The number of hydrogen-bond acceptors (Lipinski definition) is 2. The van der Waals surface area contributed by atoms with Gasteiger partial charge in [-0.25, -0.2) is 0 Å². The number of nitrogens with zero attached hydrogens (tertiary/aromatic N) is 1. The smallest absolute Gasteiger partial charge is 0.188 e. The van der Waals surface area contributed by atoms with Crippen LogP contribution in [0, 0.1) is 5.41 Å². The number of rotatable bonds is 10. The standard InChI is InChI=1S/C14H31N3O/c1-4-7-8-9-10-16-13(15)17-11-14(5-2,6-3)12-18/h18H,4-12H2,1-3H3,(H3,15,16,17). The number of aliphatic hydroxyl groups is 1. The Morgan fingerprint density at radius 1 is 1.17 bits per heavy atom. The van der Waals surface area contributed by atoms with Gasteiger partial charge >= 0.3 is 0 Å². The number of guanidine groups is 1. The van der Waals surface area contributed by atoms with Crippen LogP contribution < -0.4 is 11.1 Å². The second-order valence-electron chi connectivity index (χ2n) is 5.05. The van der Waals surface area contributed by atoms with Crippen molar-refractivity contribution >= 4 is 5.96 Å². The molecule has 18 heavy (non-hydrogen) atoms. The van der Waals surface area contributed by atoms with E-state index in [-0.39, 0.29) is 12.0 Å². The van der Waals surface area contributed by atoms with Crippen molar-refractivity contribution in [2.45, 2.75) is 59.3 Å². The topological polar surface area (TPSA) is 70.6 Å². The molecular weight excluding hydrogens is 226 g/mol. The Bertz CT molecular complexity index is 217. The van der Waals surface area contributed by atoms with E-state index in [1.807, 2.05) is 0 Å². The average Bonchev–Trinajstić information content (AvgIpc) is 2.41. The van der Waals surface area contributed by atoms with Crippen molar-refractivity contribution < 1.29 is 5.11 Å². The van der Waals surface area contributed by atoms with Crippen molar-refractivity contribution in [3.8, 4) is 0 Å². The third kappa shape index (κ3) is 6.84. The Balaban J connectivity index is 3.94. The van der Waals surface area contributed by atoms with Crippen molar-refractivity contribution in [2.24, 2.45) is 16.1 Å². The van der Waals surface area contributed by atoms with Gasteiger partial charge < -0.3 is 16.2 Å². The number of nitrogens with two attached hydrogens (primary N) is 1. The Hall–Kier alpha value is -0.770. The SMILES string of the molecule is CCCCCCNC(N)=NCC(CC)(CC)CO. The fraction of sp³-hybridized carbons (Fsp3) is 0.929. The van der Waals surface area contributed by atoms with Gasteiger partial charge in [0.1, 0.15) is 0 Å². The molecule has 0 saturated heterocycles. The lowest BCUT2D eigenvalue weighted by molar-refractivity contribution is 0.123. The first-order valence-corrected chi connectivity index (χ1v) is 7.28. The third-order valence-corrected chi connectivity index (χ3v) is 3.76. The summed E-state index contributed by atoms with van der Waals surface area (Å²) in [6, 6.07) is 0. The van der Waals surface area contributed by atoms with Crippen LogP contribution >= 0.6 is 0 Å². The summed E-state index contributed by atoms with van der Waals surface area (Å²) in [5, 5.41) is 12.6. The highest BCUT2D eigenvalue weighted by atomic mass is 16.3. The monoisotopic (exact) mass is 257 g/mol. The highest BCUT2D eigenvalue weighted by molar-refractivity contribution is 5.77. The van der Waals surface area contributed by atoms with Gasteiger partial charge in [0, 0.05) is 12.0 Å². The first-order valence-electron chi connectivity index (χ1n) is 7.28. The quantitative estimate of drug-likeness (QED) is 0.319. The number of aliphatic hydroxyl groups excluding tert-OH is 1. The molecule has 0 aliphatic rings. The Morgan fingerprint density at radius 3 is 2.33 bits per heavy atom. The molecule has 4 heteroatoms. The van der Waals surface area contributed by atoms with E-state index in [2.05, 4.69) is 31.1 Å². The van der Waals surface area contributed by atoms with Crippen LogP contribution in [0.3, 0.4) is 0 Å². The fourth-order valence-corrected chi connectivity index (χ4v) is 1.82. The molecule has 0 aromatic carbocycles. The normalized spacial score (nSPS) is 12.8. The third-order valence-electron chi connectivity index (χ3n) is 3.76. The van der Waals surface area contributed by atoms with E-state index in [0.717, 1.165) is 25.8 Å². The molecule has 0 heterocycles. The number of nitrogens with one attached hydrogen (secondary N) is 1. The minimum atomic E-state index is -0.103. The molecule has 0 fully saturated rings. The maximum atomic E-state index is 9.43. The molecule has 0 rings (SSSR count). The van der Waals surface area contributed by atoms with Crippen LogP contribution in [0.5, 0.6) is 0 Å². The van der Waals surface area contributed by atoms with Crippen LogP contribution in [0.2, 0.25) is 0 Å². The highest BCUT2D eigenvalue weighted by Crippen LogP contribution is 2.25. The van der Waals surface area contributed by atoms with Crippen LogP contribution in [0.1, 0.15) is 59.3 Å². The minimum absolute atomic E-state index is 0.103. The minimum Gasteiger partial charge on any atom is -0.396 e. The maximum Gasteiger partial charge on any atom is 0.188 e. The van der Waals surface area contributed by atoms with Crippen LogP contribution in [0.25, 0.3) is 0 Å². The van der Waals surface area contributed by atoms with Crippen LogP contribution in [0.4, 0.5) is 0 Å². The number of unbranched alkanes of at least 4 members (excludes halogenated alkanes) is 3. The van der Waals surface area contributed by atoms with Gasteiger partial charge in [-0.3, -0.25) is 4.99 Å². The number of aliphatic imine (C=N–C) groups is 1. The van der Waals surface area contributed by atoms with Gasteiger partial charge in [0.05, 0.1) is 13.2 Å². The first-order chi connectivity index (χ1) is 8.64. The Morgan fingerprint density at radius 2 is 1.83 bits per heavy atom. The van der Waals surface area contributed by atoms with Gasteiger partial charge in [0.2, 0.25) is 0 Å². The summed E-state index contributed by atoms with van der Waals surface area (Å²) in [4.78, 5) is 4.35. The molecule has 0 aromatic heterocycles. The molecule has 0 spiro atoms. The Labute approximate surface area is 112 Å². The molecule has 0 unspecified atom stereocenters. The van der Waals surface area contributed by atoms with Crippen molar-refractivity contribution in [3.05, 3.63) is 0 Å². The van der Waals surface area contributed by atoms with Gasteiger partial charge in [0.15, 0.2) is 5.96 Å². The van der Waals surface area contributed by atoms with E-state index < -0.39 is 0 Å². The molecule has 108 valence electrons. The van der Waals surface area contributed by atoms with E-state index in [0.29, 0.717) is 12.5 Å². The molecule has 4 nitrogen and oxygen atoms in total. The Kier molecular flexibility index (Phi) is 9.74. The van der Waals surface area contributed by atoms with Gasteiger partial charge in [0.25, 0.3) is 0 Å². The van der Waals surface area contributed by atoms with Crippen molar-refractivity contribution in [1.82, 2.24) is 5.32 Å². The average molecular weight is 257 g/mol. The predicted molar refractivity (Wildman–Crippen MR) is 78.7 cm³/mol. The van der Waals surface area contributed by atoms with Gasteiger partial charge in [-0.2, -0.15) is 0 Å². The zero-order chi connectivity index (χ0) is 13.9. The van der Waals surface area contributed by atoms with Gasteiger partial charge in [-0.05, 0) is 19.3 Å². The lowest BCUT2D eigenvalue weighted by atomic mass is 9.83. The molecule has 0 aromatic rings. The van der Waals surface area contributed by atoms with E-state index in [9.17, 15) is 5.11 Å². The van der Waals surface area contributed by atoms with Crippen LogP contribution in [-0.2, 0) is 0 Å². The van der Waals surface area contributed by atoms with E-state index >= 15 is 0 Å². The zero-order valence-corrected chi connectivity index (χ0v) is 12.3. The number of hydrogen-bond donors (Lipinski definition) is 3. The fourth-order valence-electron chi connectivity index (χ4n) is 1.82. The summed E-state index contributed by atoms with van der Waals surface area (Å²) in [6.07, 6.45) is 6.74.